The van der Waals surface area contributed by atoms with Crippen LogP contribution in [0, 0.1) is 12.8 Å². The summed E-state index contributed by atoms with van der Waals surface area (Å²) in [7, 11) is 0. The summed E-state index contributed by atoms with van der Waals surface area (Å²) in [6.45, 7) is 5.68. The van der Waals surface area contributed by atoms with Gasteiger partial charge in [-0.3, -0.25) is 5.32 Å². The van der Waals surface area contributed by atoms with Gasteiger partial charge in [0.15, 0.2) is 5.76 Å². The van der Waals surface area contributed by atoms with Gasteiger partial charge in [0.2, 0.25) is 0 Å². The van der Waals surface area contributed by atoms with Gasteiger partial charge < -0.3 is 14.0 Å². The first-order chi connectivity index (χ1) is 16.4. The monoisotopic (exact) mass is 462 g/mol. The normalized spacial score (nSPS) is 13.7. The molecule has 2 aromatic carbocycles. The number of carbonyl (C=O) groups excluding carboxylic acids is 2. The quantitative estimate of drug-likeness (QED) is 0.389. The lowest BCUT2D eigenvalue weighted by molar-refractivity contribution is -0.151. The lowest BCUT2D eigenvalue weighted by atomic mass is 10.0. The fourth-order valence-corrected chi connectivity index (χ4v) is 3.66. The van der Waals surface area contributed by atoms with E-state index < -0.39 is 12.1 Å². The second kappa shape index (κ2) is 9.91. The lowest BCUT2D eigenvalue weighted by Crippen LogP contribution is -2.46. The molecule has 1 saturated carbocycles. The number of nitrogens with one attached hydrogen (secondary N) is 1. The fourth-order valence-electron chi connectivity index (χ4n) is 3.66. The van der Waals surface area contributed by atoms with E-state index in [0.717, 1.165) is 29.5 Å². The number of hydrogen-bond acceptors (Lipinski definition) is 6. The lowest BCUT2D eigenvalue weighted by Gasteiger charge is -2.13. The molecule has 1 amide bonds. The molecule has 1 fully saturated rings. The van der Waals surface area contributed by atoms with Crippen molar-refractivity contribution in [1.29, 1.82) is 0 Å². The van der Waals surface area contributed by atoms with Crippen LogP contribution in [-0.4, -0.2) is 35.6 Å². The molecule has 0 bridgehead atoms. The summed E-state index contributed by atoms with van der Waals surface area (Å²) in [5.41, 5.74) is 4.44. The van der Waals surface area contributed by atoms with Crippen LogP contribution >= 0.6 is 0 Å². The smallest absolute Gasteiger partial charge is 0.412 e. The molecular weight excluding hydrogens is 434 g/mol. The number of hydrogen-bond donors (Lipinski definition) is 2. The summed E-state index contributed by atoms with van der Waals surface area (Å²) in [6, 6.07) is 15.0. The third kappa shape index (κ3) is 5.17. The van der Waals surface area contributed by atoms with Crippen LogP contribution in [0.3, 0.4) is 0 Å². The van der Waals surface area contributed by atoms with Gasteiger partial charge in [0, 0.05) is 5.56 Å². The van der Waals surface area contributed by atoms with E-state index in [1.54, 1.807) is 26.0 Å². The van der Waals surface area contributed by atoms with Crippen molar-refractivity contribution in [1.82, 2.24) is 5.16 Å². The molecule has 34 heavy (non-hydrogen) atoms. The third-order valence-electron chi connectivity index (χ3n) is 5.84. The average Bonchev–Trinajstić information content (AvgIpc) is 3.64. The Balaban J connectivity index is 1.47. The zero-order valence-corrected chi connectivity index (χ0v) is 19.5. The van der Waals surface area contributed by atoms with Crippen molar-refractivity contribution in [3.63, 3.8) is 0 Å². The minimum absolute atomic E-state index is 0.0783. The van der Waals surface area contributed by atoms with Crippen molar-refractivity contribution in [2.45, 2.75) is 39.7 Å². The van der Waals surface area contributed by atoms with Gasteiger partial charge in [0.1, 0.15) is 17.5 Å². The highest BCUT2D eigenvalue weighted by molar-refractivity contribution is 6.40. The van der Waals surface area contributed by atoms with E-state index in [2.05, 4.69) is 10.5 Å². The molecule has 0 spiro atoms. The number of rotatable bonds is 8. The van der Waals surface area contributed by atoms with Gasteiger partial charge in [0.05, 0.1) is 12.2 Å². The predicted octanol–water partition coefficient (Wildman–Crippen LogP) is 3.78. The Hall–Kier alpha value is -3.94. The van der Waals surface area contributed by atoms with Crippen molar-refractivity contribution in [3.05, 3.63) is 59.8 Å². The van der Waals surface area contributed by atoms with Crippen molar-refractivity contribution in [3.8, 4) is 22.5 Å². The number of carbonyl (C=O) groups is 2. The minimum atomic E-state index is -0.530. The van der Waals surface area contributed by atoms with E-state index in [1.165, 1.54) is 0 Å². The molecule has 0 saturated heterocycles. The van der Waals surface area contributed by atoms with Crippen LogP contribution in [0.5, 0.6) is 0 Å². The molecule has 1 heterocycles. The number of aryl methyl sites for hydroxylation is 1. The van der Waals surface area contributed by atoms with Crippen molar-refractivity contribution in [2.75, 3.05) is 11.9 Å². The first-order valence-electron chi connectivity index (χ1n) is 11.3. The molecule has 176 valence electrons. The maximum Gasteiger partial charge on any atom is 0.412 e. The van der Waals surface area contributed by atoms with Crippen molar-refractivity contribution < 1.29 is 29.0 Å². The summed E-state index contributed by atoms with van der Waals surface area (Å²) < 4.78 is 15.9. The number of esters is 1. The number of nitrogens with zero attached hydrogens (tertiary/aromatic N) is 1. The van der Waals surface area contributed by atoms with Gasteiger partial charge in [-0.05, 0) is 62.8 Å². The number of nitrogens with two attached hydrogens (primary N) is 1. The van der Waals surface area contributed by atoms with E-state index in [1.807, 2.05) is 43.3 Å². The van der Waals surface area contributed by atoms with Gasteiger partial charge in [-0.25, -0.2) is 15.0 Å². The van der Waals surface area contributed by atoms with Gasteiger partial charge in [-0.15, -0.1) is 0 Å². The Kier molecular flexibility index (Phi) is 6.77. The Morgan fingerprint density at radius 1 is 1.09 bits per heavy atom. The fraction of sp³-hybridized carbons (Fsp3) is 0.308. The molecule has 3 N–H and O–H groups in total. The first-order valence-corrected chi connectivity index (χ1v) is 11.3. The van der Waals surface area contributed by atoms with Crippen LogP contribution in [0.2, 0.25) is 0 Å². The summed E-state index contributed by atoms with van der Waals surface area (Å²) in [6.07, 6.45) is 1.57. The number of ether oxygens (including phenoxy) is 2. The van der Waals surface area contributed by atoms with Gasteiger partial charge in [-0.2, -0.15) is 0 Å². The van der Waals surface area contributed by atoms with Crippen LogP contribution in [0.4, 0.5) is 10.5 Å². The average molecular weight is 463 g/mol. The molecule has 4 rings (SSSR count). The maximum absolute atomic E-state index is 12.3. The number of benzene rings is 2. The van der Waals surface area contributed by atoms with Crippen LogP contribution in [-0.2, 0) is 14.3 Å². The van der Waals surface area contributed by atoms with Crippen molar-refractivity contribution in [2.24, 2.45) is 5.92 Å². The van der Waals surface area contributed by atoms with E-state index in [4.69, 9.17) is 19.4 Å². The SMILES string of the molecule is CCOC(=O)C(=[NH2+])c1ccc(-c2ccc(-c3onc(C)c3NC(=O)OC(C)C3CC3)cc2)cc1. The molecule has 0 aliphatic heterocycles. The summed E-state index contributed by atoms with van der Waals surface area (Å²) in [4.78, 5) is 24.2. The summed E-state index contributed by atoms with van der Waals surface area (Å²) in [5, 5.41) is 12.7. The minimum Gasteiger partial charge on any atom is -0.458 e. The van der Waals surface area contributed by atoms with Gasteiger partial charge >= 0.3 is 12.1 Å². The molecule has 1 aliphatic carbocycles. The summed E-state index contributed by atoms with van der Waals surface area (Å²) >= 11 is 0. The molecule has 8 heteroatoms. The standard InChI is InChI=1S/C26H27N3O5/c1-4-32-25(30)22(27)20-11-7-18(8-12-20)19-9-13-21(14-10-19)24-23(15(2)29-34-24)28-26(31)33-16(3)17-5-6-17/h7-14,16-17,27H,4-6H2,1-3H3,(H,28,31)/p+1. The molecule has 1 unspecified atom stereocenters. The van der Waals surface area contributed by atoms with E-state index in [0.29, 0.717) is 28.6 Å². The highest BCUT2D eigenvalue weighted by atomic mass is 16.6. The molecule has 1 aromatic heterocycles. The van der Waals surface area contributed by atoms with Crippen LogP contribution < -0.4 is 10.7 Å². The Bertz CT molecular complexity index is 1190. The predicted molar refractivity (Wildman–Crippen MR) is 127 cm³/mol. The van der Waals surface area contributed by atoms with Crippen molar-refractivity contribution >= 4 is 23.5 Å². The van der Waals surface area contributed by atoms with Gasteiger partial charge in [0.25, 0.3) is 5.71 Å². The number of aromatic nitrogens is 1. The molecule has 1 atom stereocenters. The first kappa shape index (κ1) is 23.2. The molecule has 1 aliphatic rings. The molecule has 0 radical (unpaired) electrons. The second-order valence-corrected chi connectivity index (χ2v) is 8.33. The molecular formula is C26H28N3O5+. The Labute approximate surface area is 197 Å². The highest BCUT2D eigenvalue weighted by Crippen LogP contribution is 2.35. The second-order valence-electron chi connectivity index (χ2n) is 8.33. The highest BCUT2D eigenvalue weighted by Gasteiger charge is 2.31. The topological polar surface area (TPSA) is 116 Å². The zero-order valence-electron chi connectivity index (χ0n) is 19.5. The van der Waals surface area contributed by atoms with Crippen LogP contribution in [0.15, 0.2) is 53.1 Å². The maximum atomic E-state index is 12.3. The third-order valence-corrected chi connectivity index (χ3v) is 5.84. The number of anilines is 1. The van der Waals surface area contributed by atoms with E-state index in [-0.39, 0.29) is 18.4 Å². The Morgan fingerprint density at radius 2 is 1.68 bits per heavy atom. The van der Waals surface area contributed by atoms with Crippen LogP contribution in [0.25, 0.3) is 22.5 Å². The van der Waals surface area contributed by atoms with Gasteiger partial charge in [-0.1, -0.05) is 41.6 Å². The largest absolute Gasteiger partial charge is 0.458 e. The molecule has 8 nitrogen and oxygen atoms in total. The van der Waals surface area contributed by atoms with E-state index in [9.17, 15) is 9.59 Å². The van der Waals surface area contributed by atoms with Crippen LogP contribution in [0.1, 0.15) is 37.9 Å². The zero-order chi connectivity index (χ0) is 24.2. The van der Waals surface area contributed by atoms with E-state index >= 15 is 0 Å². The summed E-state index contributed by atoms with van der Waals surface area (Å²) in [5.74, 6) is 0.388. The molecule has 3 aromatic rings. The number of amides is 1. The Morgan fingerprint density at radius 3 is 2.26 bits per heavy atom.